The number of benzene rings is 2. The van der Waals surface area contributed by atoms with Gasteiger partial charge in [-0.1, -0.05) is 36.0 Å². The monoisotopic (exact) mass is 301 g/mol. The minimum Gasteiger partial charge on any atom is -0.465 e. The average Bonchev–Trinajstić information content (AvgIpc) is 2.89. The van der Waals surface area contributed by atoms with Crippen molar-refractivity contribution in [1.29, 1.82) is 0 Å². The average molecular weight is 301 g/mol. The molecule has 1 heterocycles. The predicted octanol–water partition coefficient (Wildman–Crippen LogP) is 4.23. The lowest BCUT2D eigenvalue weighted by Gasteiger charge is -2.04. The van der Waals surface area contributed by atoms with E-state index >= 15 is 0 Å². The van der Waals surface area contributed by atoms with Crippen LogP contribution in [0.1, 0.15) is 10.4 Å². The van der Waals surface area contributed by atoms with Crippen LogP contribution < -0.4 is 0 Å². The number of para-hydroxylation sites is 1. The van der Waals surface area contributed by atoms with E-state index in [0.29, 0.717) is 5.56 Å². The molecule has 0 fully saturated rings. The number of fused-ring (bicyclic) bond motifs is 1. The second-order valence-electron chi connectivity index (χ2n) is 4.04. The Morgan fingerprint density at radius 2 is 1.90 bits per heavy atom. The maximum absolute atomic E-state index is 11.7. The normalized spacial score (nSPS) is 10.7. The summed E-state index contributed by atoms with van der Waals surface area (Å²) < 4.78 is 6.87. The summed E-state index contributed by atoms with van der Waals surface area (Å²) in [4.78, 5) is 17.2. The Bertz CT molecular complexity index is 734. The zero-order valence-electron chi connectivity index (χ0n) is 10.7. The number of methoxy groups -OCH3 is 1. The van der Waals surface area contributed by atoms with Crippen molar-refractivity contribution in [2.45, 2.75) is 9.24 Å². The summed E-state index contributed by atoms with van der Waals surface area (Å²) in [6.45, 7) is 0. The number of hydrogen-bond acceptors (Lipinski definition) is 5. The second-order valence-corrected chi connectivity index (χ2v) is 6.36. The molecule has 2 aromatic carbocycles. The second kappa shape index (κ2) is 5.64. The highest BCUT2D eigenvalue weighted by atomic mass is 32.2. The molecule has 20 heavy (non-hydrogen) atoms. The SMILES string of the molecule is COC(=O)c1ccccc1Sc1nc2ccccc2s1. The van der Waals surface area contributed by atoms with Crippen LogP contribution >= 0.6 is 23.1 Å². The molecule has 3 rings (SSSR count). The fourth-order valence-electron chi connectivity index (χ4n) is 1.82. The number of ether oxygens (including phenoxy) is 1. The van der Waals surface area contributed by atoms with Crippen molar-refractivity contribution in [3.8, 4) is 0 Å². The summed E-state index contributed by atoms with van der Waals surface area (Å²) in [5.74, 6) is -0.325. The minimum atomic E-state index is -0.325. The van der Waals surface area contributed by atoms with E-state index in [2.05, 4.69) is 4.98 Å². The summed E-state index contributed by atoms with van der Waals surface area (Å²) in [5.41, 5.74) is 1.55. The maximum atomic E-state index is 11.7. The van der Waals surface area contributed by atoms with E-state index in [1.165, 1.54) is 18.9 Å². The lowest BCUT2D eigenvalue weighted by molar-refractivity contribution is 0.0597. The molecule has 0 saturated carbocycles. The first-order valence-corrected chi connectivity index (χ1v) is 7.62. The molecule has 0 N–H and O–H groups in total. The number of carbonyl (C=O) groups excluding carboxylic acids is 1. The van der Waals surface area contributed by atoms with Gasteiger partial charge in [-0.3, -0.25) is 0 Å². The molecule has 0 atom stereocenters. The Kier molecular flexibility index (Phi) is 3.71. The molecule has 0 unspecified atom stereocenters. The van der Waals surface area contributed by atoms with Crippen molar-refractivity contribution in [1.82, 2.24) is 4.98 Å². The van der Waals surface area contributed by atoms with Crippen LogP contribution in [-0.4, -0.2) is 18.1 Å². The molecule has 3 nitrogen and oxygen atoms in total. The lowest BCUT2D eigenvalue weighted by Crippen LogP contribution is -2.02. The van der Waals surface area contributed by atoms with Gasteiger partial charge in [-0.25, -0.2) is 9.78 Å². The molecule has 100 valence electrons. The fourth-order valence-corrected chi connectivity index (χ4v) is 3.97. The van der Waals surface area contributed by atoms with Crippen LogP contribution in [0.5, 0.6) is 0 Å². The number of hydrogen-bond donors (Lipinski definition) is 0. The third kappa shape index (κ3) is 2.55. The fraction of sp³-hybridized carbons (Fsp3) is 0.0667. The van der Waals surface area contributed by atoms with Gasteiger partial charge in [0.15, 0.2) is 4.34 Å². The van der Waals surface area contributed by atoms with Crippen molar-refractivity contribution in [2.75, 3.05) is 7.11 Å². The molecule has 0 saturated heterocycles. The minimum absolute atomic E-state index is 0.325. The summed E-state index contributed by atoms with van der Waals surface area (Å²) in [6.07, 6.45) is 0. The van der Waals surface area contributed by atoms with E-state index in [1.807, 2.05) is 42.5 Å². The molecule has 0 spiro atoms. The predicted molar refractivity (Wildman–Crippen MR) is 81.5 cm³/mol. The quantitative estimate of drug-likeness (QED) is 0.679. The van der Waals surface area contributed by atoms with Crippen LogP contribution in [-0.2, 0) is 4.74 Å². The molecule has 0 radical (unpaired) electrons. The van der Waals surface area contributed by atoms with Gasteiger partial charge in [0, 0.05) is 4.90 Å². The molecular formula is C15H11NO2S2. The third-order valence-electron chi connectivity index (χ3n) is 2.76. The zero-order chi connectivity index (χ0) is 13.9. The first-order chi connectivity index (χ1) is 9.78. The Hall–Kier alpha value is -1.85. The highest BCUT2D eigenvalue weighted by molar-refractivity contribution is 8.01. The topological polar surface area (TPSA) is 39.2 Å². The lowest BCUT2D eigenvalue weighted by atomic mass is 10.2. The first-order valence-electron chi connectivity index (χ1n) is 5.98. The van der Waals surface area contributed by atoms with E-state index in [1.54, 1.807) is 17.4 Å². The first kappa shape index (κ1) is 13.1. The third-order valence-corrected chi connectivity index (χ3v) is 4.94. The van der Waals surface area contributed by atoms with Crippen molar-refractivity contribution in [3.05, 3.63) is 54.1 Å². The standard InChI is InChI=1S/C15H11NO2S2/c1-18-14(17)10-6-2-4-8-12(10)19-15-16-11-7-3-5-9-13(11)20-15/h2-9H,1H3. The van der Waals surface area contributed by atoms with Crippen LogP contribution in [0.2, 0.25) is 0 Å². The molecule has 5 heteroatoms. The number of nitrogens with zero attached hydrogens (tertiary/aromatic N) is 1. The number of rotatable bonds is 3. The molecule has 0 bridgehead atoms. The van der Waals surface area contributed by atoms with Gasteiger partial charge in [-0.05, 0) is 24.3 Å². The molecule has 0 aliphatic rings. The van der Waals surface area contributed by atoms with Gasteiger partial charge in [0.05, 0.1) is 22.9 Å². The van der Waals surface area contributed by atoms with Gasteiger partial charge >= 0.3 is 5.97 Å². The molecule has 0 aliphatic heterocycles. The van der Waals surface area contributed by atoms with E-state index in [4.69, 9.17) is 4.74 Å². The van der Waals surface area contributed by atoms with Crippen molar-refractivity contribution < 1.29 is 9.53 Å². The Labute approximate surface area is 124 Å². The van der Waals surface area contributed by atoms with Crippen LogP contribution in [0.25, 0.3) is 10.2 Å². The van der Waals surface area contributed by atoms with Gasteiger partial charge in [-0.15, -0.1) is 11.3 Å². The van der Waals surface area contributed by atoms with Gasteiger partial charge in [0.1, 0.15) is 0 Å². The van der Waals surface area contributed by atoms with Crippen LogP contribution in [0, 0.1) is 0 Å². The highest BCUT2D eigenvalue weighted by Gasteiger charge is 2.13. The Morgan fingerprint density at radius 3 is 2.70 bits per heavy atom. The van der Waals surface area contributed by atoms with Gasteiger partial charge in [0.25, 0.3) is 0 Å². The number of aromatic nitrogens is 1. The van der Waals surface area contributed by atoms with Crippen molar-refractivity contribution in [2.24, 2.45) is 0 Å². The van der Waals surface area contributed by atoms with Gasteiger partial charge in [0.2, 0.25) is 0 Å². The Balaban J connectivity index is 1.96. The molecule has 1 aromatic heterocycles. The van der Waals surface area contributed by atoms with E-state index in [0.717, 1.165) is 19.5 Å². The van der Waals surface area contributed by atoms with Gasteiger partial charge in [-0.2, -0.15) is 0 Å². The maximum Gasteiger partial charge on any atom is 0.339 e. The summed E-state index contributed by atoms with van der Waals surface area (Å²) in [7, 11) is 1.39. The van der Waals surface area contributed by atoms with Crippen molar-refractivity contribution >= 4 is 39.3 Å². The van der Waals surface area contributed by atoms with E-state index in [-0.39, 0.29) is 5.97 Å². The highest BCUT2D eigenvalue weighted by Crippen LogP contribution is 2.35. The van der Waals surface area contributed by atoms with Gasteiger partial charge < -0.3 is 4.74 Å². The summed E-state index contributed by atoms with van der Waals surface area (Å²) in [5, 5.41) is 0. The summed E-state index contributed by atoms with van der Waals surface area (Å²) >= 11 is 3.11. The number of thiazole rings is 1. The zero-order valence-corrected chi connectivity index (χ0v) is 12.3. The van der Waals surface area contributed by atoms with Crippen LogP contribution in [0.4, 0.5) is 0 Å². The van der Waals surface area contributed by atoms with Crippen LogP contribution in [0.3, 0.4) is 0 Å². The smallest absolute Gasteiger partial charge is 0.339 e. The largest absolute Gasteiger partial charge is 0.465 e. The molecular weight excluding hydrogens is 290 g/mol. The van der Waals surface area contributed by atoms with Crippen LogP contribution in [0.15, 0.2) is 57.8 Å². The summed E-state index contributed by atoms with van der Waals surface area (Å²) in [6, 6.07) is 15.4. The molecule has 0 amide bonds. The molecule has 3 aromatic rings. The number of esters is 1. The molecule has 0 aliphatic carbocycles. The Morgan fingerprint density at radius 1 is 1.15 bits per heavy atom. The number of carbonyl (C=O) groups is 1. The van der Waals surface area contributed by atoms with Crippen molar-refractivity contribution in [3.63, 3.8) is 0 Å². The van der Waals surface area contributed by atoms with E-state index < -0.39 is 0 Å². The van der Waals surface area contributed by atoms with E-state index in [9.17, 15) is 4.79 Å².